The molecule has 1 aromatic rings. The van der Waals surface area contributed by atoms with Crippen molar-refractivity contribution in [3.8, 4) is 0 Å². The number of hydrogen-bond acceptors (Lipinski definition) is 2. The van der Waals surface area contributed by atoms with Crippen LogP contribution in [-0.4, -0.2) is 13.6 Å². The van der Waals surface area contributed by atoms with Crippen molar-refractivity contribution in [2.24, 2.45) is 0 Å². The molecule has 13 heavy (non-hydrogen) atoms. The Labute approximate surface area is 80.6 Å². The van der Waals surface area contributed by atoms with Crippen LogP contribution in [0.4, 0.5) is 0 Å². The first-order valence-electron chi connectivity index (χ1n) is 3.99. The summed E-state index contributed by atoms with van der Waals surface area (Å²) in [4.78, 5) is 16.0. The lowest BCUT2D eigenvalue weighted by Crippen LogP contribution is -1.62. The lowest BCUT2D eigenvalue weighted by atomic mass is 10.2. The summed E-state index contributed by atoms with van der Waals surface area (Å²) in [5.41, 5.74) is 1.32. The van der Waals surface area contributed by atoms with Crippen molar-refractivity contribution in [2.45, 2.75) is 20.8 Å². The molecule has 1 aromatic carbocycles. The first-order valence-corrected chi connectivity index (χ1v) is 3.99. The molecule has 0 aromatic heterocycles. The Kier molecular flexibility index (Phi) is 30.4. The van der Waals surface area contributed by atoms with Crippen LogP contribution < -0.4 is 0 Å². The average Bonchev–Trinajstić information content (AvgIpc) is 2.28. The molecule has 0 spiro atoms. The van der Waals surface area contributed by atoms with Gasteiger partial charge >= 0.3 is 0 Å². The molecule has 0 atom stereocenters. The van der Waals surface area contributed by atoms with Crippen molar-refractivity contribution >= 4 is 13.6 Å². The molecule has 0 fully saturated rings. The summed E-state index contributed by atoms with van der Waals surface area (Å²) in [6.07, 6.45) is 0. The second kappa shape index (κ2) is 22.4. The van der Waals surface area contributed by atoms with E-state index in [1.54, 1.807) is 0 Å². The Morgan fingerprint density at radius 1 is 0.846 bits per heavy atom. The topological polar surface area (TPSA) is 34.1 Å². The summed E-state index contributed by atoms with van der Waals surface area (Å²) < 4.78 is 0. The number of benzene rings is 1. The molecule has 0 amide bonds. The van der Waals surface area contributed by atoms with E-state index in [0.717, 1.165) is 0 Å². The maximum atomic E-state index is 8.00. The summed E-state index contributed by atoms with van der Waals surface area (Å²) >= 11 is 0. The normalized spacial score (nSPS) is 5.77. The molecule has 0 aliphatic rings. The smallest absolute Gasteiger partial charge is 0.106 e. The molecule has 0 aliphatic carbocycles. The lowest BCUT2D eigenvalue weighted by molar-refractivity contribution is -0.0987. The van der Waals surface area contributed by atoms with Crippen LogP contribution in [-0.2, 0) is 9.59 Å². The van der Waals surface area contributed by atoms with E-state index < -0.39 is 0 Å². The second-order valence-electron chi connectivity index (χ2n) is 1.65. The summed E-state index contributed by atoms with van der Waals surface area (Å²) in [5.74, 6) is 0. The molecular formula is C11H18O2. The van der Waals surface area contributed by atoms with Gasteiger partial charge in [-0.1, -0.05) is 49.7 Å². The Morgan fingerprint density at radius 3 is 1.31 bits per heavy atom. The van der Waals surface area contributed by atoms with E-state index in [1.165, 1.54) is 5.56 Å². The summed E-state index contributed by atoms with van der Waals surface area (Å²) in [5, 5.41) is 0. The standard InChI is InChI=1S/C7H8.C2H6.2CH2O/c1-7-5-3-2-4-6-7;3*1-2/h2-6H,1H3;1-2H3;2*1H2. The van der Waals surface area contributed by atoms with Gasteiger partial charge in [-0.05, 0) is 6.92 Å². The molecule has 0 saturated heterocycles. The SMILES string of the molecule is C=O.C=O.CC.Cc1ccccc1. The quantitative estimate of drug-likeness (QED) is 0.618. The van der Waals surface area contributed by atoms with Gasteiger partial charge in [-0.25, -0.2) is 0 Å². The van der Waals surface area contributed by atoms with Crippen LogP contribution in [0.1, 0.15) is 19.4 Å². The van der Waals surface area contributed by atoms with Gasteiger partial charge in [-0.3, -0.25) is 0 Å². The van der Waals surface area contributed by atoms with Gasteiger partial charge in [-0.15, -0.1) is 0 Å². The van der Waals surface area contributed by atoms with Crippen molar-refractivity contribution in [2.75, 3.05) is 0 Å². The molecule has 0 radical (unpaired) electrons. The molecular weight excluding hydrogens is 164 g/mol. The number of aryl methyl sites for hydroxylation is 1. The zero-order chi connectivity index (χ0) is 11.1. The van der Waals surface area contributed by atoms with Gasteiger partial charge in [0.05, 0.1) is 0 Å². The molecule has 0 bridgehead atoms. The Bertz CT molecular complexity index is 159. The third-order valence-corrected chi connectivity index (χ3v) is 0.940. The fourth-order valence-electron chi connectivity index (χ4n) is 0.534. The molecule has 0 aliphatic heterocycles. The number of hydrogen-bond donors (Lipinski definition) is 0. The van der Waals surface area contributed by atoms with Crippen molar-refractivity contribution in [3.63, 3.8) is 0 Å². The average molecular weight is 182 g/mol. The van der Waals surface area contributed by atoms with E-state index in [1.807, 2.05) is 45.6 Å². The third-order valence-electron chi connectivity index (χ3n) is 0.940. The molecule has 0 N–H and O–H groups in total. The van der Waals surface area contributed by atoms with Crippen LogP contribution in [0, 0.1) is 6.92 Å². The fourth-order valence-corrected chi connectivity index (χ4v) is 0.534. The van der Waals surface area contributed by atoms with Crippen LogP contribution in [0.5, 0.6) is 0 Å². The fraction of sp³-hybridized carbons (Fsp3) is 0.273. The first-order chi connectivity index (χ1) is 6.39. The predicted molar refractivity (Wildman–Crippen MR) is 56.8 cm³/mol. The highest BCUT2D eigenvalue weighted by atomic mass is 16.1. The van der Waals surface area contributed by atoms with E-state index in [-0.39, 0.29) is 0 Å². The molecule has 2 nitrogen and oxygen atoms in total. The van der Waals surface area contributed by atoms with Gasteiger partial charge in [0, 0.05) is 0 Å². The lowest BCUT2D eigenvalue weighted by Gasteiger charge is -1.82. The minimum absolute atomic E-state index is 1.32. The van der Waals surface area contributed by atoms with Gasteiger partial charge in [0.25, 0.3) is 0 Å². The second-order valence-corrected chi connectivity index (χ2v) is 1.65. The van der Waals surface area contributed by atoms with E-state index >= 15 is 0 Å². The van der Waals surface area contributed by atoms with Gasteiger partial charge in [0.15, 0.2) is 0 Å². The van der Waals surface area contributed by atoms with Gasteiger partial charge in [0.2, 0.25) is 0 Å². The molecule has 74 valence electrons. The van der Waals surface area contributed by atoms with E-state index in [9.17, 15) is 0 Å². The highest BCUT2D eigenvalue weighted by Crippen LogP contribution is 1.92. The third kappa shape index (κ3) is 18.0. The van der Waals surface area contributed by atoms with Gasteiger partial charge in [0.1, 0.15) is 13.6 Å². The van der Waals surface area contributed by atoms with Crippen LogP contribution >= 0.6 is 0 Å². The Morgan fingerprint density at radius 2 is 1.15 bits per heavy atom. The molecule has 0 saturated carbocycles. The Hall–Kier alpha value is -1.44. The monoisotopic (exact) mass is 182 g/mol. The first kappa shape index (κ1) is 17.6. The van der Waals surface area contributed by atoms with Crippen molar-refractivity contribution in [3.05, 3.63) is 35.9 Å². The molecule has 0 unspecified atom stereocenters. The minimum atomic E-state index is 1.32. The van der Waals surface area contributed by atoms with Crippen molar-refractivity contribution in [1.29, 1.82) is 0 Å². The number of carbonyl (C=O) groups excluding carboxylic acids is 2. The maximum Gasteiger partial charge on any atom is 0.106 e. The largest absolute Gasteiger partial charge is 0.307 e. The van der Waals surface area contributed by atoms with Crippen molar-refractivity contribution < 1.29 is 9.59 Å². The number of rotatable bonds is 0. The molecule has 0 heterocycles. The van der Waals surface area contributed by atoms with Crippen molar-refractivity contribution in [1.82, 2.24) is 0 Å². The van der Waals surface area contributed by atoms with Crippen LogP contribution in [0.2, 0.25) is 0 Å². The predicted octanol–water partition coefficient (Wildman–Crippen LogP) is 2.65. The highest BCUT2D eigenvalue weighted by Gasteiger charge is 1.72. The van der Waals surface area contributed by atoms with Crippen LogP contribution in [0.3, 0.4) is 0 Å². The zero-order valence-electron chi connectivity index (χ0n) is 8.62. The summed E-state index contributed by atoms with van der Waals surface area (Å²) in [6, 6.07) is 10.3. The van der Waals surface area contributed by atoms with E-state index in [0.29, 0.717) is 0 Å². The van der Waals surface area contributed by atoms with Gasteiger partial charge in [-0.2, -0.15) is 0 Å². The van der Waals surface area contributed by atoms with E-state index in [2.05, 4.69) is 19.1 Å². The van der Waals surface area contributed by atoms with Gasteiger partial charge < -0.3 is 9.59 Å². The highest BCUT2D eigenvalue weighted by molar-refractivity contribution is 5.11. The molecule has 1 rings (SSSR count). The zero-order valence-corrected chi connectivity index (χ0v) is 8.62. The Balaban J connectivity index is -0.000000144. The number of carbonyl (C=O) groups is 2. The van der Waals surface area contributed by atoms with Crippen LogP contribution in [0.25, 0.3) is 0 Å². The molecule has 2 heteroatoms. The maximum absolute atomic E-state index is 8.00. The van der Waals surface area contributed by atoms with Crippen LogP contribution in [0.15, 0.2) is 30.3 Å². The summed E-state index contributed by atoms with van der Waals surface area (Å²) in [6.45, 7) is 10.1. The summed E-state index contributed by atoms with van der Waals surface area (Å²) in [7, 11) is 0. The minimum Gasteiger partial charge on any atom is -0.307 e. The van der Waals surface area contributed by atoms with E-state index in [4.69, 9.17) is 9.59 Å².